The summed E-state index contributed by atoms with van der Waals surface area (Å²) in [5.74, 6) is 0.897. The Balaban J connectivity index is 1.90. The molecule has 1 heterocycles. The number of hydrogen-bond acceptors (Lipinski definition) is 4. The summed E-state index contributed by atoms with van der Waals surface area (Å²) in [6.07, 6.45) is 0. The number of ether oxygens (including phenoxy) is 1. The van der Waals surface area contributed by atoms with Crippen molar-refractivity contribution in [3.05, 3.63) is 51.7 Å². The predicted octanol–water partition coefficient (Wildman–Crippen LogP) is 2.92. The van der Waals surface area contributed by atoms with Crippen LogP contribution >= 0.6 is 11.3 Å². The van der Waals surface area contributed by atoms with Crippen LogP contribution in [0.15, 0.2) is 36.4 Å². The van der Waals surface area contributed by atoms with Gasteiger partial charge in [0.15, 0.2) is 0 Å². The van der Waals surface area contributed by atoms with Gasteiger partial charge in [-0.15, -0.1) is 11.3 Å². The van der Waals surface area contributed by atoms with Crippen LogP contribution in [0, 0.1) is 11.3 Å². The lowest BCUT2D eigenvalue weighted by atomic mass is 10.2. The van der Waals surface area contributed by atoms with E-state index in [1.54, 1.807) is 7.11 Å². The topological polar surface area (TPSA) is 45.0 Å². The van der Waals surface area contributed by atoms with Crippen LogP contribution in [0.5, 0.6) is 5.75 Å². The number of thiophene rings is 1. The zero-order chi connectivity index (χ0) is 12.8. The first-order valence-electron chi connectivity index (χ1n) is 5.65. The second-order valence-corrected chi connectivity index (χ2v) is 4.96. The standard InChI is InChI=1S/C14H14N2OS/c1-17-14-5-3-2-4-11(14)9-16-10-13-7-6-12(8-15)18-13/h2-7,16H,9-10H2,1H3. The number of methoxy groups -OCH3 is 1. The van der Waals surface area contributed by atoms with Gasteiger partial charge in [-0.2, -0.15) is 5.26 Å². The molecule has 0 saturated heterocycles. The Bertz CT molecular complexity index is 557. The highest BCUT2D eigenvalue weighted by Gasteiger charge is 2.02. The number of para-hydroxylation sites is 1. The molecule has 1 aromatic carbocycles. The molecule has 0 unspecified atom stereocenters. The molecule has 0 atom stereocenters. The highest BCUT2D eigenvalue weighted by Crippen LogP contribution is 2.18. The third-order valence-electron chi connectivity index (χ3n) is 2.58. The van der Waals surface area contributed by atoms with Crippen molar-refractivity contribution in [2.24, 2.45) is 0 Å². The number of rotatable bonds is 5. The van der Waals surface area contributed by atoms with Crippen LogP contribution in [0.3, 0.4) is 0 Å². The zero-order valence-electron chi connectivity index (χ0n) is 10.1. The smallest absolute Gasteiger partial charge is 0.123 e. The number of nitrogens with zero attached hydrogens (tertiary/aromatic N) is 1. The summed E-state index contributed by atoms with van der Waals surface area (Å²) >= 11 is 1.52. The minimum atomic E-state index is 0.754. The fourth-order valence-corrected chi connectivity index (χ4v) is 2.48. The van der Waals surface area contributed by atoms with E-state index in [4.69, 9.17) is 10.00 Å². The maximum Gasteiger partial charge on any atom is 0.123 e. The molecule has 0 amide bonds. The molecule has 0 radical (unpaired) electrons. The number of benzene rings is 1. The largest absolute Gasteiger partial charge is 0.496 e. The van der Waals surface area contributed by atoms with Crippen molar-refractivity contribution in [2.45, 2.75) is 13.1 Å². The molecule has 0 aliphatic carbocycles. The first kappa shape index (κ1) is 12.6. The Morgan fingerprint density at radius 3 is 2.78 bits per heavy atom. The van der Waals surface area contributed by atoms with Gasteiger partial charge in [-0.3, -0.25) is 0 Å². The third-order valence-corrected chi connectivity index (χ3v) is 3.57. The molecule has 0 spiro atoms. The monoisotopic (exact) mass is 258 g/mol. The fraction of sp³-hybridized carbons (Fsp3) is 0.214. The molecule has 1 N–H and O–H groups in total. The molecule has 0 aliphatic heterocycles. The van der Waals surface area contributed by atoms with Gasteiger partial charge in [0.25, 0.3) is 0 Å². The summed E-state index contributed by atoms with van der Waals surface area (Å²) in [7, 11) is 1.68. The average molecular weight is 258 g/mol. The first-order chi connectivity index (χ1) is 8.83. The van der Waals surface area contributed by atoms with Gasteiger partial charge in [-0.25, -0.2) is 0 Å². The zero-order valence-corrected chi connectivity index (χ0v) is 11.0. The lowest BCUT2D eigenvalue weighted by Crippen LogP contribution is -2.12. The lowest BCUT2D eigenvalue weighted by Gasteiger charge is -2.08. The fourth-order valence-electron chi connectivity index (χ4n) is 1.70. The van der Waals surface area contributed by atoms with E-state index in [2.05, 4.69) is 11.4 Å². The summed E-state index contributed by atoms with van der Waals surface area (Å²) in [5.41, 5.74) is 1.14. The van der Waals surface area contributed by atoms with Gasteiger partial charge in [0.2, 0.25) is 0 Å². The lowest BCUT2D eigenvalue weighted by molar-refractivity contribution is 0.407. The molecule has 4 heteroatoms. The van der Waals surface area contributed by atoms with Crippen molar-refractivity contribution in [3.63, 3.8) is 0 Å². The summed E-state index contributed by atoms with van der Waals surface area (Å²) in [6, 6.07) is 13.9. The maximum absolute atomic E-state index is 8.75. The highest BCUT2D eigenvalue weighted by atomic mass is 32.1. The predicted molar refractivity (Wildman–Crippen MR) is 72.6 cm³/mol. The quantitative estimate of drug-likeness (QED) is 0.897. The molecular weight excluding hydrogens is 244 g/mol. The van der Waals surface area contributed by atoms with E-state index in [-0.39, 0.29) is 0 Å². The van der Waals surface area contributed by atoms with E-state index in [9.17, 15) is 0 Å². The van der Waals surface area contributed by atoms with Gasteiger partial charge in [-0.05, 0) is 18.2 Å². The minimum Gasteiger partial charge on any atom is -0.496 e. The first-order valence-corrected chi connectivity index (χ1v) is 6.46. The van der Waals surface area contributed by atoms with Crippen LogP contribution in [0.1, 0.15) is 15.3 Å². The SMILES string of the molecule is COc1ccccc1CNCc1ccc(C#N)s1. The van der Waals surface area contributed by atoms with Crippen molar-refractivity contribution < 1.29 is 4.74 Å². The van der Waals surface area contributed by atoms with Crippen LogP contribution in [-0.2, 0) is 13.1 Å². The van der Waals surface area contributed by atoms with Crippen LogP contribution < -0.4 is 10.1 Å². The maximum atomic E-state index is 8.75. The van der Waals surface area contributed by atoms with E-state index in [1.165, 1.54) is 16.2 Å². The molecule has 2 aromatic rings. The summed E-state index contributed by atoms with van der Waals surface area (Å²) < 4.78 is 5.29. The van der Waals surface area contributed by atoms with Gasteiger partial charge in [0, 0.05) is 23.5 Å². The second-order valence-electron chi connectivity index (χ2n) is 3.79. The molecule has 1 aromatic heterocycles. The van der Waals surface area contributed by atoms with Crippen LogP contribution in [0.25, 0.3) is 0 Å². The summed E-state index contributed by atoms with van der Waals surface area (Å²) in [6.45, 7) is 1.52. The van der Waals surface area contributed by atoms with Gasteiger partial charge < -0.3 is 10.1 Å². The Morgan fingerprint density at radius 2 is 2.06 bits per heavy atom. The molecule has 0 bridgehead atoms. The van der Waals surface area contributed by atoms with Gasteiger partial charge >= 0.3 is 0 Å². The highest BCUT2D eigenvalue weighted by molar-refractivity contribution is 7.12. The molecule has 2 rings (SSSR count). The van der Waals surface area contributed by atoms with Crippen LogP contribution in [-0.4, -0.2) is 7.11 Å². The van der Waals surface area contributed by atoms with Crippen molar-refractivity contribution in [2.75, 3.05) is 7.11 Å². The Labute approximate surface area is 111 Å². The van der Waals surface area contributed by atoms with Crippen LogP contribution in [0.2, 0.25) is 0 Å². The van der Waals surface area contributed by atoms with E-state index in [1.807, 2.05) is 36.4 Å². The third kappa shape index (κ3) is 3.10. The molecular formula is C14H14N2OS. The van der Waals surface area contributed by atoms with Crippen molar-refractivity contribution >= 4 is 11.3 Å². The van der Waals surface area contributed by atoms with E-state index in [0.29, 0.717) is 0 Å². The van der Waals surface area contributed by atoms with E-state index < -0.39 is 0 Å². The molecule has 18 heavy (non-hydrogen) atoms. The minimum absolute atomic E-state index is 0.754. The van der Waals surface area contributed by atoms with Gasteiger partial charge in [0.05, 0.1) is 7.11 Å². The Morgan fingerprint density at radius 1 is 1.22 bits per heavy atom. The average Bonchev–Trinajstić information content (AvgIpc) is 2.87. The molecule has 0 fully saturated rings. The van der Waals surface area contributed by atoms with E-state index >= 15 is 0 Å². The summed E-state index contributed by atoms with van der Waals surface area (Å²) in [5, 5.41) is 12.1. The Kier molecular flexibility index (Phi) is 4.35. The molecule has 3 nitrogen and oxygen atoms in total. The van der Waals surface area contributed by atoms with Crippen LogP contribution in [0.4, 0.5) is 0 Å². The number of hydrogen-bond donors (Lipinski definition) is 1. The second kappa shape index (κ2) is 6.20. The van der Waals surface area contributed by atoms with Crippen molar-refractivity contribution in [1.29, 1.82) is 5.26 Å². The van der Waals surface area contributed by atoms with Crippen molar-refractivity contribution in [3.8, 4) is 11.8 Å². The van der Waals surface area contributed by atoms with Crippen molar-refractivity contribution in [1.82, 2.24) is 5.32 Å². The summed E-state index contributed by atoms with van der Waals surface area (Å²) in [4.78, 5) is 1.92. The van der Waals surface area contributed by atoms with Gasteiger partial charge in [0.1, 0.15) is 16.7 Å². The molecule has 0 saturated carbocycles. The molecule has 0 aliphatic rings. The van der Waals surface area contributed by atoms with Gasteiger partial charge in [-0.1, -0.05) is 18.2 Å². The number of nitrogens with one attached hydrogen (secondary N) is 1. The Hall–Kier alpha value is -1.83. The number of nitriles is 1. The van der Waals surface area contributed by atoms with E-state index in [0.717, 1.165) is 29.3 Å². The molecule has 92 valence electrons. The normalized spacial score (nSPS) is 10.0.